The van der Waals surface area contributed by atoms with Crippen LogP contribution >= 0.6 is 0 Å². The lowest BCUT2D eigenvalue weighted by Crippen LogP contribution is -2.39. The number of ether oxygens (including phenoxy) is 4. The standard InChI is InChI=1S/C10H21NO4/c1-3-14-10(8-12-2)15-9-11-4-6-13-7-5-11/h10H,3-9H2,1-2H3. The van der Waals surface area contributed by atoms with E-state index in [1.165, 1.54) is 0 Å². The molecule has 0 aliphatic carbocycles. The van der Waals surface area contributed by atoms with Crippen LogP contribution in [-0.2, 0) is 18.9 Å². The highest BCUT2D eigenvalue weighted by molar-refractivity contribution is 4.57. The van der Waals surface area contributed by atoms with Crippen molar-refractivity contribution in [3.63, 3.8) is 0 Å². The van der Waals surface area contributed by atoms with Gasteiger partial charge in [0.15, 0.2) is 6.29 Å². The summed E-state index contributed by atoms with van der Waals surface area (Å²) in [5.74, 6) is 0. The first-order valence-corrected chi connectivity index (χ1v) is 5.39. The van der Waals surface area contributed by atoms with E-state index in [0.29, 0.717) is 19.9 Å². The molecule has 0 spiro atoms. The fraction of sp³-hybridized carbons (Fsp3) is 1.00. The predicted octanol–water partition coefficient (Wildman–Crippen LogP) is 0.302. The van der Waals surface area contributed by atoms with Gasteiger partial charge in [-0.25, -0.2) is 0 Å². The summed E-state index contributed by atoms with van der Waals surface area (Å²) in [7, 11) is 1.64. The smallest absolute Gasteiger partial charge is 0.182 e. The lowest BCUT2D eigenvalue weighted by Gasteiger charge is -2.28. The minimum Gasteiger partial charge on any atom is -0.379 e. The number of morpholine rings is 1. The maximum Gasteiger partial charge on any atom is 0.182 e. The van der Waals surface area contributed by atoms with Crippen LogP contribution in [0.15, 0.2) is 0 Å². The van der Waals surface area contributed by atoms with Crippen molar-refractivity contribution in [2.45, 2.75) is 13.2 Å². The van der Waals surface area contributed by atoms with Crippen molar-refractivity contribution < 1.29 is 18.9 Å². The molecule has 1 atom stereocenters. The van der Waals surface area contributed by atoms with E-state index in [-0.39, 0.29) is 6.29 Å². The Morgan fingerprint density at radius 3 is 2.60 bits per heavy atom. The van der Waals surface area contributed by atoms with Crippen molar-refractivity contribution in [3.8, 4) is 0 Å². The van der Waals surface area contributed by atoms with Crippen molar-refractivity contribution in [3.05, 3.63) is 0 Å². The second kappa shape index (κ2) is 8.01. The molecule has 0 aromatic rings. The van der Waals surface area contributed by atoms with Crippen LogP contribution in [0, 0.1) is 0 Å². The molecule has 0 amide bonds. The topological polar surface area (TPSA) is 40.2 Å². The van der Waals surface area contributed by atoms with Gasteiger partial charge in [0.2, 0.25) is 0 Å². The van der Waals surface area contributed by atoms with E-state index in [9.17, 15) is 0 Å². The number of methoxy groups -OCH3 is 1. The zero-order valence-electron chi connectivity index (χ0n) is 9.61. The molecule has 1 fully saturated rings. The summed E-state index contributed by atoms with van der Waals surface area (Å²) in [5.41, 5.74) is 0. The van der Waals surface area contributed by atoms with E-state index in [2.05, 4.69) is 4.90 Å². The number of hydrogen-bond donors (Lipinski definition) is 0. The summed E-state index contributed by atoms with van der Waals surface area (Å²) in [4.78, 5) is 2.20. The van der Waals surface area contributed by atoms with Gasteiger partial charge in [0.05, 0.1) is 19.8 Å². The molecule has 0 aromatic heterocycles. The third-order valence-electron chi connectivity index (χ3n) is 2.20. The van der Waals surface area contributed by atoms with Gasteiger partial charge in [0, 0.05) is 26.8 Å². The molecule has 5 heteroatoms. The van der Waals surface area contributed by atoms with Gasteiger partial charge in [-0.05, 0) is 6.92 Å². The molecule has 15 heavy (non-hydrogen) atoms. The molecular formula is C10H21NO4. The SMILES string of the molecule is CCOC(COC)OCN1CCOCC1. The second-order valence-corrected chi connectivity index (χ2v) is 3.37. The Balaban J connectivity index is 2.13. The predicted molar refractivity (Wildman–Crippen MR) is 55.6 cm³/mol. The maximum absolute atomic E-state index is 5.59. The summed E-state index contributed by atoms with van der Waals surface area (Å²) >= 11 is 0. The third kappa shape index (κ3) is 5.44. The minimum absolute atomic E-state index is 0.261. The van der Waals surface area contributed by atoms with Crippen LogP contribution in [0.5, 0.6) is 0 Å². The summed E-state index contributed by atoms with van der Waals surface area (Å²) in [6.45, 7) is 7.05. The summed E-state index contributed by atoms with van der Waals surface area (Å²) in [6, 6.07) is 0. The van der Waals surface area contributed by atoms with Crippen molar-refractivity contribution in [1.82, 2.24) is 4.90 Å². The first-order chi connectivity index (χ1) is 7.36. The van der Waals surface area contributed by atoms with Gasteiger partial charge in [0.25, 0.3) is 0 Å². The Labute approximate surface area is 91.2 Å². The zero-order chi connectivity index (χ0) is 10.9. The highest BCUT2D eigenvalue weighted by Gasteiger charge is 2.13. The highest BCUT2D eigenvalue weighted by Crippen LogP contribution is 2.01. The van der Waals surface area contributed by atoms with Crippen molar-refractivity contribution in [1.29, 1.82) is 0 Å². The van der Waals surface area contributed by atoms with Crippen LogP contribution in [0.4, 0.5) is 0 Å². The Kier molecular flexibility index (Phi) is 6.87. The van der Waals surface area contributed by atoms with Crippen LogP contribution in [-0.4, -0.2) is 64.5 Å². The van der Waals surface area contributed by atoms with Gasteiger partial charge in [-0.2, -0.15) is 0 Å². The second-order valence-electron chi connectivity index (χ2n) is 3.37. The lowest BCUT2D eigenvalue weighted by atomic mass is 10.5. The monoisotopic (exact) mass is 219 g/mol. The average molecular weight is 219 g/mol. The number of rotatable bonds is 7. The van der Waals surface area contributed by atoms with Crippen LogP contribution in [0.3, 0.4) is 0 Å². The Bertz CT molecular complexity index is 144. The third-order valence-corrected chi connectivity index (χ3v) is 2.20. The van der Waals surface area contributed by atoms with Crippen LogP contribution in [0.2, 0.25) is 0 Å². The average Bonchev–Trinajstić information content (AvgIpc) is 2.28. The van der Waals surface area contributed by atoms with Crippen LogP contribution < -0.4 is 0 Å². The molecule has 0 saturated carbocycles. The van der Waals surface area contributed by atoms with E-state index < -0.39 is 0 Å². The quantitative estimate of drug-likeness (QED) is 0.576. The van der Waals surface area contributed by atoms with Crippen LogP contribution in [0.25, 0.3) is 0 Å². The van der Waals surface area contributed by atoms with Gasteiger partial charge in [-0.3, -0.25) is 4.90 Å². The fourth-order valence-corrected chi connectivity index (χ4v) is 1.39. The lowest BCUT2D eigenvalue weighted by molar-refractivity contribution is -0.191. The first-order valence-electron chi connectivity index (χ1n) is 5.39. The normalized spacial score (nSPS) is 20.4. The summed E-state index contributed by atoms with van der Waals surface area (Å²) in [5, 5.41) is 0. The zero-order valence-corrected chi connectivity index (χ0v) is 9.61. The van der Waals surface area contributed by atoms with E-state index in [0.717, 1.165) is 26.3 Å². The van der Waals surface area contributed by atoms with Crippen LogP contribution in [0.1, 0.15) is 6.92 Å². The molecular weight excluding hydrogens is 198 g/mol. The molecule has 1 unspecified atom stereocenters. The number of nitrogens with zero attached hydrogens (tertiary/aromatic N) is 1. The highest BCUT2D eigenvalue weighted by atomic mass is 16.7. The van der Waals surface area contributed by atoms with Crippen molar-refractivity contribution >= 4 is 0 Å². The molecule has 1 aliphatic rings. The molecule has 0 N–H and O–H groups in total. The maximum atomic E-state index is 5.59. The molecule has 5 nitrogen and oxygen atoms in total. The van der Waals surface area contributed by atoms with E-state index in [1.807, 2.05) is 6.92 Å². The van der Waals surface area contributed by atoms with Gasteiger partial charge < -0.3 is 18.9 Å². The molecule has 0 radical (unpaired) electrons. The summed E-state index contributed by atoms with van der Waals surface area (Å²) < 4.78 is 21.2. The molecule has 1 heterocycles. The van der Waals surface area contributed by atoms with E-state index in [1.54, 1.807) is 7.11 Å². The first kappa shape index (κ1) is 12.9. The molecule has 0 aromatic carbocycles. The van der Waals surface area contributed by atoms with Crippen molar-refractivity contribution in [2.75, 3.05) is 53.4 Å². The molecule has 0 bridgehead atoms. The van der Waals surface area contributed by atoms with E-state index >= 15 is 0 Å². The molecule has 90 valence electrons. The Morgan fingerprint density at radius 1 is 1.27 bits per heavy atom. The van der Waals surface area contributed by atoms with Crippen molar-refractivity contribution in [2.24, 2.45) is 0 Å². The minimum atomic E-state index is -0.261. The fourth-order valence-electron chi connectivity index (χ4n) is 1.39. The summed E-state index contributed by atoms with van der Waals surface area (Å²) in [6.07, 6.45) is -0.261. The Morgan fingerprint density at radius 2 is 2.00 bits per heavy atom. The van der Waals surface area contributed by atoms with E-state index in [4.69, 9.17) is 18.9 Å². The van der Waals surface area contributed by atoms with Gasteiger partial charge in [0.1, 0.15) is 6.73 Å². The molecule has 1 rings (SSSR count). The molecule has 1 saturated heterocycles. The van der Waals surface area contributed by atoms with Gasteiger partial charge in [-0.1, -0.05) is 0 Å². The number of hydrogen-bond acceptors (Lipinski definition) is 5. The Hall–Kier alpha value is -0.200. The van der Waals surface area contributed by atoms with Gasteiger partial charge >= 0.3 is 0 Å². The van der Waals surface area contributed by atoms with Gasteiger partial charge in [-0.15, -0.1) is 0 Å². The largest absolute Gasteiger partial charge is 0.379 e. The molecule has 1 aliphatic heterocycles.